The van der Waals surface area contributed by atoms with Crippen LogP contribution in [-0.4, -0.2) is 35.1 Å². The van der Waals surface area contributed by atoms with Gasteiger partial charge in [0.1, 0.15) is 6.04 Å². The summed E-state index contributed by atoms with van der Waals surface area (Å²) in [6.45, 7) is 9.18. The lowest BCUT2D eigenvalue weighted by Crippen LogP contribution is -2.49. The Labute approximate surface area is 185 Å². The Morgan fingerprint density at radius 3 is 2.03 bits per heavy atom. The van der Waals surface area contributed by atoms with Crippen molar-refractivity contribution in [1.82, 2.24) is 10.2 Å². The average molecular weight is 427 g/mol. The molecule has 2 aromatic carbocycles. The van der Waals surface area contributed by atoms with E-state index in [9.17, 15) is 9.59 Å². The highest BCUT2D eigenvalue weighted by molar-refractivity contribution is 7.99. The molecule has 1 atom stereocenters. The third-order valence-corrected chi connectivity index (χ3v) is 6.01. The van der Waals surface area contributed by atoms with Crippen LogP contribution in [0.5, 0.6) is 0 Å². The molecule has 0 spiro atoms. The summed E-state index contributed by atoms with van der Waals surface area (Å²) in [5.41, 5.74) is 4.65. The fourth-order valence-electron chi connectivity index (χ4n) is 3.20. The molecule has 2 amide bonds. The molecule has 0 bridgehead atoms. The normalized spacial score (nSPS) is 11.7. The Balaban J connectivity index is 2.09. The second-order valence-corrected chi connectivity index (χ2v) is 8.69. The minimum Gasteiger partial charge on any atom is -0.354 e. The molecular formula is C25H34N2O2S. The van der Waals surface area contributed by atoms with Crippen molar-refractivity contribution in [2.24, 2.45) is 0 Å². The summed E-state index contributed by atoms with van der Waals surface area (Å²) in [6, 6.07) is 16.1. The third-order valence-electron chi connectivity index (χ3n) is 5.02. The summed E-state index contributed by atoms with van der Waals surface area (Å²) in [4.78, 5) is 27.6. The quantitative estimate of drug-likeness (QED) is 0.558. The van der Waals surface area contributed by atoms with E-state index in [1.54, 1.807) is 16.7 Å². The fraction of sp³-hybridized carbons (Fsp3) is 0.440. The minimum absolute atomic E-state index is 0.00573. The predicted octanol–water partition coefficient (Wildman–Crippen LogP) is 4.87. The van der Waals surface area contributed by atoms with Crippen LogP contribution in [0.1, 0.15) is 48.9 Å². The Morgan fingerprint density at radius 2 is 1.50 bits per heavy atom. The Kier molecular flexibility index (Phi) is 9.95. The molecule has 0 aliphatic rings. The standard InChI is InChI=1S/C25H34N2O2S/c1-5-15-26-25(29)23(6-2)27(16-21-11-7-19(3)8-12-21)24(28)18-30-17-22-13-9-20(4)10-14-22/h7-14,23H,5-6,15-18H2,1-4H3,(H,26,29)/t23-/m1/s1. The van der Waals surface area contributed by atoms with Crippen molar-refractivity contribution in [2.45, 2.75) is 58.9 Å². The number of hydrogen-bond donors (Lipinski definition) is 1. The van der Waals surface area contributed by atoms with Gasteiger partial charge in [0.05, 0.1) is 5.75 Å². The van der Waals surface area contributed by atoms with Gasteiger partial charge >= 0.3 is 0 Å². The number of carbonyl (C=O) groups is 2. The van der Waals surface area contributed by atoms with Gasteiger partial charge in [-0.3, -0.25) is 9.59 Å². The van der Waals surface area contributed by atoms with Gasteiger partial charge in [-0.1, -0.05) is 73.5 Å². The number of nitrogens with zero attached hydrogens (tertiary/aromatic N) is 1. The summed E-state index contributed by atoms with van der Waals surface area (Å²) >= 11 is 1.60. The van der Waals surface area contributed by atoms with E-state index in [0.717, 1.165) is 17.7 Å². The molecule has 2 rings (SSSR count). The molecular weight excluding hydrogens is 392 g/mol. The maximum atomic E-state index is 13.2. The molecule has 0 fully saturated rings. The molecule has 1 N–H and O–H groups in total. The van der Waals surface area contributed by atoms with E-state index in [0.29, 0.717) is 25.3 Å². The van der Waals surface area contributed by atoms with E-state index < -0.39 is 6.04 Å². The molecule has 0 saturated heterocycles. The zero-order chi connectivity index (χ0) is 21.9. The molecule has 0 aromatic heterocycles. The molecule has 0 unspecified atom stereocenters. The van der Waals surface area contributed by atoms with E-state index in [4.69, 9.17) is 0 Å². The first-order chi connectivity index (χ1) is 14.4. The molecule has 2 aromatic rings. The molecule has 4 nitrogen and oxygen atoms in total. The first kappa shape index (κ1) is 24.0. The summed E-state index contributed by atoms with van der Waals surface area (Å²) in [6.07, 6.45) is 1.47. The lowest BCUT2D eigenvalue weighted by molar-refractivity contribution is -0.139. The molecule has 30 heavy (non-hydrogen) atoms. The summed E-state index contributed by atoms with van der Waals surface area (Å²) in [7, 11) is 0. The van der Waals surface area contributed by atoms with E-state index in [2.05, 4.69) is 36.5 Å². The first-order valence-corrected chi connectivity index (χ1v) is 11.9. The predicted molar refractivity (Wildman–Crippen MR) is 126 cm³/mol. The van der Waals surface area contributed by atoms with E-state index in [1.165, 1.54) is 16.7 Å². The number of rotatable bonds is 11. The fourth-order valence-corrected chi connectivity index (χ4v) is 4.07. The van der Waals surface area contributed by atoms with Crippen molar-refractivity contribution in [3.05, 3.63) is 70.8 Å². The van der Waals surface area contributed by atoms with Crippen LogP contribution in [0.15, 0.2) is 48.5 Å². The van der Waals surface area contributed by atoms with Crippen LogP contribution >= 0.6 is 11.8 Å². The van der Waals surface area contributed by atoms with Gasteiger partial charge in [-0.25, -0.2) is 0 Å². The summed E-state index contributed by atoms with van der Waals surface area (Å²) in [5, 5.41) is 2.96. The zero-order valence-corrected chi connectivity index (χ0v) is 19.4. The van der Waals surface area contributed by atoms with Gasteiger partial charge in [0, 0.05) is 18.8 Å². The minimum atomic E-state index is -0.453. The van der Waals surface area contributed by atoms with Gasteiger partial charge in [-0.2, -0.15) is 0 Å². The lowest BCUT2D eigenvalue weighted by Gasteiger charge is -2.30. The van der Waals surface area contributed by atoms with E-state index >= 15 is 0 Å². The second-order valence-electron chi connectivity index (χ2n) is 7.70. The number of hydrogen-bond acceptors (Lipinski definition) is 3. The topological polar surface area (TPSA) is 49.4 Å². The van der Waals surface area contributed by atoms with Crippen molar-refractivity contribution in [3.8, 4) is 0 Å². The van der Waals surface area contributed by atoms with Crippen molar-refractivity contribution >= 4 is 23.6 Å². The smallest absolute Gasteiger partial charge is 0.242 e. The largest absolute Gasteiger partial charge is 0.354 e. The van der Waals surface area contributed by atoms with Gasteiger partial charge in [-0.05, 0) is 37.8 Å². The van der Waals surface area contributed by atoms with Crippen LogP contribution in [0.2, 0.25) is 0 Å². The third kappa shape index (κ3) is 7.52. The molecule has 0 saturated carbocycles. The summed E-state index contributed by atoms with van der Waals surface area (Å²) in [5.74, 6) is 1.08. The Morgan fingerprint density at radius 1 is 0.933 bits per heavy atom. The Bertz CT molecular complexity index is 803. The lowest BCUT2D eigenvalue weighted by atomic mass is 10.1. The average Bonchev–Trinajstić information content (AvgIpc) is 2.74. The molecule has 0 radical (unpaired) electrons. The highest BCUT2D eigenvalue weighted by Crippen LogP contribution is 2.18. The van der Waals surface area contributed by atoms with Crippen molar-refractivity contribution in [1.29, 1.82) is 0 Å². The van der Waals surface area contributed by atoms with Crippen molar-refractivity contribution in [2.75, 3.05) is 12.3 Å². The van der Waals surface area contributed by atoms with Gasteiger partial charge < -0.3 is 10.2 Å². The van der Waals surface area contributed by atoms with Gasteiger partial charge in [0.2, 0.25) is 11.8 Å². The molecule has 0 aliphatic heterocycles. The number of aryl methyl sites for hydroxylation is 2. The van der Waals surface area contributed by atoms with Gasteiger partial charge in [0.25, 0.3) is 0 Å². The zero-order valence-electron chi connectivity index (χ0n) is 18.6. The van der Waals surface area contributed by atoms with Gasteiger partial charge in [-0.15, -0.1) is 11.8 Å². The van der Waals surface area contributed by atoms with Crippen molar-refractivity contribution < 1.29 is 9.59 Å². The maximum Gasteiger partial charge on any atom is 0.242 e. The summed E-state index contributed by atoms with van der Waals surface area (Å²) < 4.78 is 0. The van der Waals surface area contributed by atoms with Crippen LogP contribution in [0.4, 0.5) is 0 Å². The Hall–Kier alpha value is -2.27. The molecule has 0 aliphatic carbocycles. The maximum absolute atomic E-state index is 13.2. The first-order valence-electron chi connectivity index (χ1n) is 10.7. The number of amides is 2. The van der Waals surface area contributed by atoms with E-state index in [-0.39, 0.29) is 11.8 Å². The van der Waals surface area contributed by atoms with Gasteiger partial charge in [0.15, 0.2) is 0 Å². The molecule has 5 heteroatoms. The number of thioether (sulfide) groups is 1. The number of carbonyl (C=O) groups excluding carboxylic acids is 2. The molecule has 0 heterocycles. The highest BCUT2D eigenvalue weighted by Gasteiger charge is 2.28. The SMILES string of the molecule is CCCNC(=O)[C@@H](CC)N(Cc1ccc(C)cc1)C(=O)CSCc1ccc(C)cc1. The van der Waals surface area contributed by atoms with Crippen LogP contribution < -0.4 is 5.32 Å². The second kappa shape index (κ2) is 12.4. The number of nitrogens with one attached hydrogen (secondary N) is 1. The molecule has 162 valence electrons. The van der Waals surface area contributed by atoms with Crippen molar-refractivity contribution in [3.63, 3.8) is 0 Å². The van der Waals surface area contributed by atoms with E-state index in [1.807, 2.05) is 45.0 Å². The highest BCUT2D eigenvalue weighted by atomic mass is 32.2. The van der Waals surface area contributed by atoms with Crippen LogP contribution in [-0.2, 0) is 21.9 Å². The monoisotopic (exact) mass is 426 g/mol. The van der Waals surface area contributed by atoms with Crippen LogP contribution in [0.3, 0.4) is 0 Å². The number of benzene rings is 2. The van der Waals surface area contributed by atoms with Crippen LogP contribution in [0, 0.1) is 13.8 Å². The van der Waals surface area contributed by atoms with Crippen LogP contribution in [0.25, 0.3) is 0 Å².